The Hall–Kier alpha value is -1.98. The van der Waals surface area contributed by atoms with Crippen LogP contribution in [0.5, 0.6) is 0 Å². The van der Waals surface area contributed by atoms with Crippen molar-refractivity contribution in [3.63, 3.8) is 0 Å². The van der Waals surface area contributed by atoms with Gasteiger partial charge in [-0.05, 0) is 31.2 Å². The normalized spacial score (nSPS) is 20.1. The van der Waals surface area contributed by atoms with Crippen LogP contribution >= 0.6 is 23.2 Å². The third-order valence-electron chi connectivity index (χ3n) is 3.64. The smallest absolute Gasteiger partial charge is 0.151 e. The van der Waals surface area contributed by atoms with Crippen molar-refractivity contribution in [3.05, 3.63) is 57.6 Å². The third-order valence-corrected chi connectivity index (χ3v) is 4.44. The van der Waals surface area contributed by atoms with Crippen LogP contribution in [-0.2, 0) is 4.79 Å². The Morgan fingerprint density at radius 2 is 2.09 bits per heavy atom. The Morgan fingerprint density at radius 3 is 2.78 bits per heavy atom. The average Bonchev–Trinajstić information content (AvgIpc) is 2.68. The van der Waals surface area contributed by atoms with E-state index in [4.69, 9.17) is 23.2 Å². The summed E-state index contributed by atoms with van der Waals surface area (Å²) in [5.41, 5.74) is 1.34. The van der Waals surface area contributed by atoms with E-state index in [9.17, 15) is 9.18 Å². The van der Waals surface area contributed by atoms with Crippen molar-refractivity contribution < 1.29 is 9.18 Å². The Morgan fingerprint density at radius 1 is 1.30 bits per heavy atom. The lowest BCUT2D eigenvalue weighted by Gasteiger charge is -2.16. The van der Waals surface area contributed by atoms with Crippen LogP contribution in [0.2, 0.25) is 10.0 Å². The number of aliphatic imine (C=N–C) groups is 1. The lowest BCUT2D eigenvalue weighted by Crippen LogP contribution is -2.31. The molecule has 0 radical (unpaired) electrons. The fraction of sp³-hybridized carbons (Fsp3) is 0.188. The quantitative estimate of drug-likeness (QED) is 0.838. The number of anilines is 1. The first kappa shape index (κ1) is 15.9. The molecule has 2 aromatic rings. The van der Waals surface area contributed by atoms with Gasteiger partial charge in [-0.3, -0.25) is 9.98 Å². The molecule has 0 bridgehead atoms. The van der Waals surface area contributed by atoms with Gasteiger partial charge in [0, 0.05) is 17.4 Å². The number of aldehydes is 1. The molecule has 1 aromatic heterocycles. The second-order valence-electron chi connectivity index (χ2n) is 5.14. The number of carbonyl (C=O) groups excluding carboxylic acids is 1. The molecule has 1 aliphatic heterocycles. The minimum absolute atomic E-state index is 0.0677. The number of nitrogens with zero attached hydrogens (tertiary/aromatic N) is 2. The van der Waals surface area contributed by atoms with Gasteiger partial charge in [-0.25, -0.2) is 4.39 Å². The number of carbonyl (C=O) groups is 1. The predicted octanol–water partition coefficient (Wildman–Crippen LogP) is 3.75. The summed E-state index contributed by atoms with van der Waals surface area (Å²) in [6.07, 6.45) is 2.23. The van der Waals surface area contributed by atoms with Crippen LogP contribution in [0.15, 0.2) is 35.5 Å². The van der Waals surface area contributed by atoms with E-state index in [0.717, 1.165) is 6.29 Å². The minimum atomic E-state index is -0.560. The number of rotatable bonds is 2. The van der Waals surface area contributed by atoms with Gasteiger partial charge in [0.2, 0.25) is 0 Å². The van der Waals surface area contributed by atoms with Crippen molar-refractivity contribution in [2.75, 3.05) is 5.32 Å². The van der Waals surface area contributed by atoms with E-state index in [1.54, 1.807) is 19.1 Å². The zero-order chi connectivity index (χ0) is 16.6. The molecule has 0 spiro atoms. The van der Waals surface area contributed by atoms with Crippen molar-refractivity contribution in [2.24, 2.45) is 4.99 Å². The number of nitrogens with one attached hydrogen (secondary N) is 1. The summed E-state index contributed by atoms with van der Waals surface area (Å²) in [7, 11) is 0. The lowest BCUT2D eigenvalue weighted by molar-refractivity contribution is -0.108. The molecule has 4 nitrogen and oxygen atoms in total. The van der Waals surface area contributed by atoms with E-state index in [1.165, 1.54) is 18.3 Å². The second kappa shape index (κ2) is 6.26. The van der Waals surface area contributed by atoms with Crippen LogP contribution in [0.25, 0.3) is 0 Å². The van der Waals surface area contributed by atoms with Crippen LogP contribution in [0.3, 0.4) is 0 Å². The first-order valence-electron chi connectivity index (χ1n) is 6.91. The maximum atomic E-state index is 14.2. The summed E-state index contributed by atoms with van der Waals surface area (Å²) in [6.45, 7) is 1.76. The van der Waals surface area contributed by atoms with E-state index in [0.29, 0.717) is 16.3 Å². The van der Waals surface area contributed by atoms with Gasteiger partial charge >= 0.3 is 0 Å². The zero-order valence-corrected chi connectivity index (χ0v) is 13.6. The number of hydrogen-bond acceptors (Lipinski definition) is 4. The van der Waals surface area contributed by atoms with Gasteiger partial charge in [0.25, 0.3) is 0 Å². The molecular formula is C16H12Cl2FN3O. The van der Waals surface area contributed by atoms with Crippen LogP contribution in [0.4, 0.5) is 10.1 Å². The van der Waals surface area contributed by atoms with E-state index in [2.05, 4.69) is 15.3 Å². The van der Waals surface area contributed by atoms with Gasteiger partial charge in [0.05, 0.1) is 21.8 Å². The molecule has 1 aliphatic rings. The Labute approximate surface area is 142 Å². The van der Waals surface area contributed by atoms with Gasteiger partial charge in [0.1, 0.15) is 18.0 Å². The van der Waals surface area contributed by atoms with Crippen LogP contribution in [-0.4, -0.2) is 29.1 Å². The molecule has 0 fully saturated rings. The standard InChI is InChI=1S/C16H12Cl2FN3O/c1-8-12(7-23)22-11-5-4-9(17)14(18)13(11)16(21-8)15-10(19)3-2-6-20-15/h2-8,12,22H,1H3/t8-,12?/m0/s1. The molecular weight excluding hydrogens is 340 g/mol. The Kier molecular flexibility index (Phi) is 4.33. The minimum Gasteiger partial charge on any atom is -0.373 e. The molecule has 23 heavy (non-hydrogen) atoms. The average molecular weight is 352 g/mol. The van der Waals surface area contributed by atoms with E-state index >= 15 is 0 Å². The van der Waals surface area contributed by atoms with Crippen LogP contribution < -0.4 is 5.32 Å². The molecule has 1 N–H and O–H groups in total. The molecule has 0 saturated carbocycles. The van der Waals surface area contributed by atoms with E-state index in [1.807, 2.05) is 0 Å². The molecule has 1 unspecified atom stereocenters. The number of benzene rings is 1. The highest BCUT2D eigenvalue weighted by Gasteiger charge is 2.28. The van der Waals surface area contributed by atoms with Gasteiger partial charge in [-0.1, -0.05) is 23.2 Å². The molecule has 2 atom stereocenters. The number of fused-ring (bicyclic) bond motifs is 1. The maximum absolute atomic E-state index is 14.2. The number of halogens is 3. The second-order valence-corrected chi connectivity index (χ2v) is 5.93. The number of hydrogen-bond donors (Lipinski definition) is 1. The molecule has 2 heterocycles. The molecule has 3 rings (SSSR count). The molecule has 118 valence electrons. The van der Waals surface area contributed by atoms with Crippen LogP contribution in [0.1, 0.15) is 18.2 Å². The van der Waals surface area contributed by atoms with Crippen molar-refractivity contribution in [1.29, 1.82) is 0 Å². The highest BCUT2D eigenvalue weighted by molar-refractivity contribution is 6.45. The van der Waals surface area contributed by atoms with Crippen molar-refractivity contribution >= 4 is 40.9 Å². The van der Waals surface area contributed by atoms with E-state index < -0.39 is 17.9 Å². The van der Waals surface area contributed by atoms with E-state index in [-0.39, 0.29) is 16.4 Å². The van der Waals surface area contributed by atoms with Gasteiger partial charge < -0.3 is 10.1 Å². The molecule has 0 amide bonds. The number of aromatic nitrogens is 1. The van der Waals surface area contributed by atoms with Gasteiger partial charge in [0.15, 0.2) is 5.82 Å². The van der Waals surface area contributed by atoms with Gasteiger partial charge in [-0.15, -0.1) is 0 Å². The molecule has 1 aromatic carbocycles. The SMILES string of the molecule is C[C@@H]1N=C(c2ncccc2F)c2c(ccc(Cl)c2Cl)NC1C=O. The van der Waals surface area contributed by atoms with Crippen molar-refractivity contribution in [3.8, 4) is 0 Å². The monoisotopic (exact) mass is 351 g/mol. The van der Waals surface area contributed by atoms with Crippen molar-refractivity contribution in [2.45, 2.75) is 19.0 Å². The first-order valence-corrected chi connectivity index (χ1v) is 7.67. The summed E-state index contributed by atoms with van der Waals surface area (Å²) in [6, 6.07) is 5.10. The Bertz CT molecular complexity index is 810. The van der Waals surface area contributed by atoms with Crippen molar-refractivity contribution in [1.82, 2.24) is 4.98 Å². The summed E-state index contributed by atoms with van der Waals surface area (Å²) in [5.74, 6) is -0.523. The molecule has 0 saturated heterocycles. The molecule has 0 aliphatic carbocycles. The summed E-state index contributed by atoms with van der Waals surface area (Å²) < 4.78 is 14.2. The third kappa shape index (κ3) is 2.82. The fourth-order valence-electron chi connectivity index (χ4n) is 2.44. The lowest BCUT2D eigenvalue weighted by atomic mass is 10.0. The number of pyridine rings is 1. The fourth-order valence-corrected chi connectivity index (χ4v) is 2.85. The topological polar surface area (TPSA) is 54.4 Å². The van der Waals surface area contributed by atoms with Gasteiger partial charge in [-0.2, -0.15) is 0 Å². The summed E-state index contributed by atoms with van der Waals surface area (Å²) >= 11 is 12.4. The molecule has 7 heteroatoms. The summed E-state index contributed by atoms with van der Waals surface area (Å²) in [5, 5.41) is 3.62. The predicted molar refractivity (Wildman–Crippen MR) is 89.2 cm³/mol. The zero-order valence-electron chi connectivity index (χ0n) is 12.1. The summed E-state index contributed by atoms with van der Waals surface area (Å²) in [4.78, 5) is 19.9. The van der Waals surface area contributed by atoms with Crippen LogP contribution in [0, 0.1) is 5.82 Å². The Balaban J connectivity index is 2.31. The highest BCUT2D eigenvalue weighted by Crippen LogP contribution is 2.36. The highest BCUT2D eigenvalue weighted by atomic mass is 35.5. The number of benzodiazepines with no additional fused rings is 1. The maximum Gasteiger partial charge on any atom is 0.151 e. The first-order chi connectivity index (χ1) is 11.0. The largest absolute Gasteiger partial charge is 0.373 e.